The van der Waals surface area contributed by atoms with E-state index in [0.29, 0.717) is 16.7 Å². The SMILES string of the molecule is CCC(C)C(CO)NC(=O)Cc1c(C)c2cc3c(C)coc3c(C)c2oc1=O. The molecule has 0 fully saturated rings. The molecule has 2 heterocycles. The van der Waals surface area contributed by atoms with E-state index >= 15 is 0 Å². The predicted molar refractivity (Wildman–Crippen MR) is 109 cm³/mol. The molecule has 0 saturated carbocycles. The van der Waals surface area contributed by atoms with Crippen LogP contribution in [0.3, 0.4) is 0 Å². The molecule has 3 rings (SSSR count). The van der Waals surface area contributed by atoms with Gasteiger partial charge in [0.25, 0.3) is 0 Å². The molecule has 2 atom stereocenters. The maximum Gasteiger partial charge on any atom is 0.340 e. The van der Waals surface area contributed by atoms with E-state index in [1.54, 1.807) is 6.26 Å². The normalized spacial score (nSPS) is 13.8. The van der Waals surface area contributed by atoms with Crippen molar-refractivity contribution in [2.45, 2.75) is 53.5 Å². The van der Waals surface area contributed by atoms with Gasteiger partial charge in [-0.05, 0) is 43.9 Å². The standard InChI is InChI=1S/C22H27NO5/c1-6-11(2)18(9-24)23-19(25)8-17-13(4)16-7-15-12(3)10-27-20(15)14(5)21(16)28-22(17)26/h7,10-11,18,24H,6,8-9H2,1-5H3,(H,23,25). The van der Waals surface area contributed by atoms with Crippen LogP contribution in [0.25, 0.3) is 21.9 Å². The molecule has 1 aromatic carbocycles. The van der Waals surface area contributed by atoms with Gasteiger partial charge in [-0.3, -0.25) is 4.79 Å². The molecule has 2 N–H and O–H groups in total. The van der Waals surface area contributed by atoms with Crippen LogP contribution in [0, 0.1) is 26.7 Å². The quantitative estimate of drug-likeness (QED) is 0.633. The molecule has 28 heavy (non-hydrogen) atoms. The molecule has 0 aliphatic rings. The molecular weight excluding hydrogens is 358 g/mol. The Morgan fingerprint density at radius 1 is 1.18 bits per heavy atom. The number of aliphatic hydroxyl groups excluding tert-OH is 1. The van der Waals surface area contributed by atoms with Gasteiger partial charge in [-0.25, -0.2) is 4.79 Å². The molecule has 0 aliphatic carbocycles. The molecule has 0 aliphatic heterocycles. The van der Waals surface area contributed by atoms with Crippen molar-refractivity contribution < 1.29 is 18.7 Å². The number of carbonyl (C=O) groups excluding carboxylic acids is 1. The Labute approximate surface area is 163 Å². The number of aliphatic hydroxyl groups is 1. The molecule has 2 aromatic heterocycles. The first-order valence-electron chi connectivity index (χ1n) is 9.62. The fraction of sp³-hybridized carbons (Fsp3) is 0.455. The summed E-state index contributed by atoms with van der Waals surface area (Å²) in [6, 6.07) is 1.62. The highest BCUT2D eigenvalue weighted by atomic mass is 16.4. The van der Waals surface area contributed by atoms with Crippen LogP contribution in [0.15, 0.2) is 26.0 Å². The number of nitrogens with one attached hydrogen (secondary N) is 1. The van der Waals surface area contributed by atoms with E-state index < -0.39 is 5.63 Å². The van der Waals surface area contributed by atoms with Gasteiger partial charge in [0.05, 0.1) is 30.9 Å². The number of rotatable bonds is 6. The minimum atomic E-state index is -0.519. The number of carbonyl (C=O) groups is 1. The van der Waals surface area contributed by atoms with Crippen molar-refractivity contribution in [2.24, 2.45) is 5.92 Å². The van der Waals surface area contributed by atoms with Gasteiger partial charge in [-0.15, -0.1) is 0 Å². The monoisotopic (exact) mass is 385 g/mol. The Bertz CT molecular complexity index is 1090. The molecule has 0 radical (unpaired) electrons. The van der Waals surface area contributed by atoms with Crippen molar-refractivity contribution in [1.29, 1.82) is 0 Å². The van der Waals surface area contributed by atoms with Crippen LogP contribution in [0.1, 0.15) is 42.5 Å². The first-order valence-corrected chi connectivity index (χ1v) is 9.62. The molecule has 1 amide bonds. The second-order valence-electron chi connectivity index (χ2n) is 7.59. The highest BCUT2D eigenvalue weighted by Crippen LogP contribution is 2.32. The van der Waals surface area contributed by atoms with Crippen molar-refractivity contribution in [3.05, 3.63) is 45.0 Å². The van der Waals surface area contributed by atoms with Gasteiger partial charge in [0, 0.05) is 16.3 Å². The van der Waals surface area contributed by atoms with Crippen molar-refractivity contribution in [3.8, 4) is 0 Å². The van der Waals surface area contributed by atoms with Crippen LogP contribution in [0.4, 0.5) is 0 Å². The van der Waals surface area contributed by atoms with Crippen LogP contribution in [0.2, 0.25) is 0 Å². The summed E-state index contributed by atoms with van der Waals surface area (Å²) in [5, 5.41) is 14.1. The van der Waals surface area contributed by atoms with E-state index in [0.717, 1.165) is 33.9 Å². The zero-order valence-corrected chi connectivity index (χ0v) is 17.0. The van der Waals surface area contributed by atoms with E-state index in [1.165, 1.54) is 0 Å². The third kappa shape index (κ3) is 3.44. The smallest absolute Gasteiger partial charge is 0.340 e. The Kier molecular flexibility index (Phi) is 5.61. The van der Waals surface area contributed by atoms with E-state index in [4.69, 9.17) is 8.83 Å². The van der Waals surface area contributed by atoms with Crippen molar-refractivity contribution in [1.82, 2.24) is 5.32 Å². The maximum atomic E-state index is 12.6. The van der Waals surface area contributed by atoms with Gasteiger partial charge in [0.15, 0.2) is 0 Å². The number of furan rings is 1. The minimum absolute atomic E-state index is 0.0848. The second kappa shape index (κ2) is 7.80. The van der Waals surface area contributed by atoms with Crippen molar-refractivity contribution in [2.75, 3.05) is 6.61 Å². The van der Waals surface area contributed by atoms with Crippen LogP contribution in [-0.4, -0.2) is 23.7 Å². The molecule has 0 saturated heterocycles. The van der Waals surface area contributed by atoms with Crippen LogP contribution in [0.5, 0.6) is 0 Å². The topological polar surface area (TPSA) is 92.7 Å². The Morgan fingerprint density at radius 2 is 1.89 bits per heavy atom. The molecule has 2 unspecified atom stereocenters. The summed E-state index contributed by atoms with van der Waals surface area (Å²) in [6.07, 6.45) is 2.43. The number of hydrogen-bond acceptors (Lipinski definition) is 5. The van der Waals surface area contributed by atoms with Gasteiger partial charge >= 0.3 is 5.63 Å². The lowest BCUT2D eigenvalue weighted by molar-refractivity contribution is -0.121. The van der Waals surface area contributed by atoms with Gasteiger partial charge in [0.1, 0.15) is 11.2 Å². The molecule has 0 spiro atoms. The van der Waals surface area contributed by atoms with Crippen LogP contribution >= 0.6 is 0 Å². The summed E-state index contributed by atoms with van der Waals surface area (Å²) in [5.74, 6) is -0.158. The molecule has 0 bridgehead atoms. The third-order valence-corrected chi connectivity index (χ3v) is 5.75. The molecule has 6 nitrogen and oxygen atoms in total. The van der Waals surface area contributed by atoms with Gasteiger partial charge < -0.3 is 19.3 Å². The summed E-state index contributed by atoms with van der Waals surface area (Å²) in [4.78, 5) is 25.1. The maximum absolute atomic E-state index is 12.6. The molecule has 3 aromatic rings. The molecule has 6 heteroatoms. The average molecular weight is 385 g/mol. The number of hydrogen-bond donors (Lipinski definition) is 2. The van der Waals surface area contributed by atoms with E-state index in [2.05, 4.69) is 5.32 Å². The largest absolute Gasteiger partial charge is 0.464 e. The summed E-state index contributed by atoms with van der Waals surface area (Å²) in [7, 11) is 0. The highest BCUT2D eigenvalue weighted by Gasteiger charge is 2.21. The van der Waals surface area contributed by atoms with Gasteiger partial charge in [0.2, 0.25) is 5.91 Å². The molecular formula is C22H27NO5. The second-order valence-corrected chi connectivity index (χ2v) is 7.59. The number of aryl methyl sites for hydroxylation is 3. The summed E-state index contributed by atoms with van der Waals surface area (Å²) in [6.45, 7) is 9.49. The van der Waals surface area contributed by atoms with E-state index in [9.17, 15) is 14.7 Å². The lowest BCUT2D eigenvalue weighted by Crippen LogP contribution is -2.43. The van der Waals surface area contributed by atoms with Gasteiger partial charge in [-0.2, -0.15) is 0 Å². The average Bonchev–Trinajstić information content (AvgIpc) is 3.05. The van der Waals surface area contributed by atoms with Crippen molar-refractivity contribution in [3.63, 3.8) is 0 Å². The zero-order chi connectivity index (χ0) is 20.6. The predicted octanol–water partition coefficient (Wildman–Crippen LogP) is 3.53. The third-order valence-electron chi connectivity index (χ3n) is 5.75. The summed E-state index contributed by atoms with van der Waals surface area (Å²) >= 11 is 0. The number of benzene rings is 1. The minimum Gasteiger partial charge on any atom is -0.464 e. The highest BCUT2D eigenvalue weighted by molar-refractivity contribution is 6.00. The first-order chi connectivity index (χ1) is 13.3. The Balaban J connectivity index is 2.02. The Morgan fingerprint density at radius 3 is 2.54 bits per heavy atom. The van der Waals surface area contributed by atoms with Crippen molar-refractivity contribution >= 4 is 27.8 Å². The Hall–Kier alpha value is -2.60. The summed E-state index contributed by atoms with van der Waals surface area (Å²) < 4.78 is 11.2. The zero-order valence-electron chi connectivity index (χ0n) is 17.0. The molecule has 150 valence electrons. The van der Waals surface area contributed by atoms with Gasteiger partial charge in [-0.1, -0.05) is 20.3 Å². The van der Waals surface area contributed by atoms with Crippen LogP contribution < -0.4 is 10.9 Å². The summed E-state index contributed by atoms with van der Waals surface area (Å²) in [5.41, 5.74) is 3.52. The number of amides is 1. The number of fused-ring (bicyclic) bond motifs is 2. The fourth-order valence-corrected chi connectivity index (χ4v) is 3.59. The van der Waals surface area contributed by atoms with Crippen LogP contribution in [-0.2, 0) is 11.2 Å². The lowest BCUT2D eigenvalue weighted by Gasteiger charge is -2.22. The van der Waals surface area contributed by atoms with E-state index in [-0.39, 0.29) is 30.9 Å². The fourth-order valence-electron chi connectivity index (χ4n) is 3.59. The first kappa shape index (κ1) is 20.1. The lowest BCUT2D eigenvalue weighted by atomic mass is 9.97. The van der Waals surface area contributed by atoms with E-state index in [1.807, 2.05) is 40.7 Å².